The second-order valence-electron chi connectivity index (χ2n) is 6.67. The summed E-state index contributed by atoms with van der Waals surface area (Å²) >= 11 is 1.21. The number of carbonyl (C=O) groups excluding carboxylic acids is 1. The van der Waals surface area contributed by atoms with Crippen molar-refractivity contribution in [3.05, 3.63) is 58.9 Å². The van der Waals surface area contributed by atoms with Gasteiger partial charge in [-0.3, -0.25) is 0 Å². The van der Waals surface area contributed by atoms with Crippen molar-refractivity contribution in [2.24, 2.45) is 0 Å². The minimum atomic E-state index is -1.22. The average molecular weight is 452 g/mol. The van der Waals surface area contributed by atoms with Crippen molar-refractivity contribution in [3.63, 3.8) is 0 Å². The van der Waals surface area contributed by atoms with Gasteiger partial charge in [0.25, 0.3) is 0 Å². The molecule has 0 saturated carbocycles. The molecule has 2 aromatic carbocycles. The van der Waals surface area contributed by atoms with E-state index < -0.39 is 23.4 Å². The van der Waals surface area contributed by atoms with E-state index in [0.717, 1.165) is 18.0 Å². The number of hydrogen-bond acceptors (Lipinski definition) is 5. The van der Waals surface area contributed by atoms with E-state index >= 15 is 0 Å². The third-order valence-electron chi connectivity index (χ3n) is 4.54. The van der Waals surface area contributed by atoms with Gasteiger partial charge in [-0.15, -0.1) is 0 Å². The summed E-state index contributed by atoms with van der Waals surface area (Å²) < 4.78 is 53.1. The van der Waals surface area contributed by atoms with Gasteiger partial charge in [-0.2, -0.15) is 0 Å². The van der Waals surface area contributed by atoms with E-state index in [2.05, 4.69) is 4.98 Å². The molecule has 0 spiro atoms. The number of thioether (sulfide) groups is 1. The van der Waals surface area contributed by atoms with Gasteiger partial charge in [-0.05, 0) is 44.5 Å². The van der Waals surface area contributed by atoms with Crippen LogP contribution in [0.15, 0.2) is 35.5 Å². The predicted octanol–water partition coefficient (Wildman–Crippen LogP) is 5.35. The van der Waals surface area contributed by atoms with Crippen LogP contribution in [0, 0.1) is 17.5 Å². The van der Waals surface area contributed by atoms with E-state index in [4.69, 9.17) is 9.47 Å². The van der Waals surface area contributed by atoms with Gasteiger partial charge in [0, 0.05) is 37.1 Å². The van der Waals surface area contributed by atoms with Crippen molar-refractivity contribution < 1.29 is 27.4 Å². The standard InChI is InChI=1S/C22H23F3N2O3S/c1-3-29-9-5-8-27-20-7-6-14(21(28)30-4-2)11-19(20)26-22(27)31-13-15-10-17(24)18(25)12-16(15)23/h6-7,10-12H,3-5,8-9,13H2,1-2H3. The van der Waals surface area contributed by atoms with Crippen LogP contribution in [-0.2, 0) is 21.8 Å². The van der Waals surface area contributed by atoms with Crippen molar-refractivity contribution >= 4 is 28.8 Å². The zero-order chi connectivity index (χ0) is 22.4. The minimum absolute atomic E-state index is 0.0454. The van der Waals surface area contributed by atoms with E-state index in [9.17, 15) is 18.0 Å². The number of nitrogens with zero attached hydrogens (tertiary/aromatic N) is 2. The Labute approximate surface area is 182 Å². The third kappa shape index (κ3) is 5.59. The highest BCUT2D eigenvalue weighted by Crippen LogP contribution is 2.29. The number of rotatable bonds is 10. The molecule has 0 saturated heterocycles. The summed E-state index contributed by atoms with van der Waals surface area (Å²) in [4.78, 5) is 16.6. The maximum absolute atomic E-state index is 14.0. The molecular formula is C22H23F3N2O3S. The van der Waals surface area contributed by atoms with Crippen LogP contribution in [0.4, 0.5) is 13.2 Å². The molecular weight excluding hydrogens is 429 g/mol. The second-order valence-corrected chi connectivity index (χ2v) is 7.61. The highest BCUT2D eigenvalue weighted by molar-refractivity contribution is 7.98. The topological polar surface area (TPSA) is 53.4 Å². The first-order chi connectivity index (χ1) is 14.9. The number of imidazole rings is 1. The lowest BCUT2D eigenvalue weighted by atomic mass is 10.2. The molecule has 0 aliphatic rings. The molecule has 1 heterocycles. The normalized spacial score (nSPS) is 11.3. The van der Waals surface area contributed by atoms with Crippen LogP contribution in [0.25, 0.3) is 11.0 Å². The molecule has 0 bridgehead atoms. The second kappa shape index (κ2) is 10.7. The Morgan fingerprint density at radius 2 is 1.84 bits per heavy atom. The molecule has 0 aliphatic heterocycles. The van der Waals surface area contributed by atoms with Crippen LogP contribution in [0.3, 0.4) is 0 Å². The van der Waals surface area contributed by atoms with Gasteiger partial charge < -0.3 is 14.0 Å². The van der Waals surface area contributed by atoms with Crippen molar-refractivity contribution in [1.29, 1.82) is 0 Å². The Morgan fingerprint density at radius 1 is 1.06 bits per heavy atom. The lowest BCUT2D eigenvalue weighted by molar-refractivity contribution is 0.0526. The van der Waals surface area contributed by atoms with Crippen molar-refractivity contribution in [1.82, 2.24) is 9.55 Å². The average Bonchev–Trinajstić information content (AvgIpc) is 3.09. The van der Waals surface area contributed by atoms with Crippen molar-refractivity contribution in [2.75, 3.05) is 19.8 Å². The van der Waals surface area contributed by atoms with E-state index in [1.807, 2.05) is 11.5 Å². The molecule has 166 valence electrons. The summed E-state index contributed by atoms with van der Waals surface area (Å²) in [7, 11) is 0. The zero-order valence-corrected chi connectivity index (χ0v) is 18.1. The maximum atomic E-state index is 14.0. The molecule has 0 atom stereocenters. The quantitative estimate of drug-likeness (QED) is 0.180. The largest absolute Gasteiger partial charge is 0.462 e. The Morgan fingerprint density at radius 3 is 2.58 bits per heavy atom. The van der Waals surface area contributed by atoms with Crippen molar-refractivity contribution in [3.8, 4) is 0 Å². The SMILES string of the molecule is CCOCCCn1c(SCc2cc(F)c(F)cc2F)nc2cc(C(=O)OCC)ccc21. The number of halogens is 3. The van der Waals surface area contributed by atoms with Gasteiger partial charge in [0.15, 0.2) is 16.8 Å². The van der Waals surface area contributed by atoms with Crippen LogP contribution in [0.2, 0.25) is 0 Å². The number of esters is 1. The van der Waals surface area contributed by atoms with Crippen molar-refractivity contribution in [2.45, 2.75) is 37.7 Å². The third-order valence-corrected chi connectivity index (χ3v) is 5.57. The van der Waals surface area contributed by atoms with Crippen LogP contribution in [0.5, 0.6) is 0 Å². The first kappa shape index (κ1) is 23.1. The van der Waals surface area contributed by atoms with E-state index in [1.54, 1.807) is 25.1 Å². The lowest BCUT2D eigenvalue weighted by Gasteiger charge is -2.10. The number of aromatic nitrogens is 2. The molecule has 0 amide bonds. The molecule has 0 unspecified atom stereocenters. The summed E-state index contributed by atoms with van der Waals surface area (Å²) in [5, 5.41) is 0.580. The van der Waals surface area contributed by atoms with Gasteiger partial charge in [0.1, 0.15) is 5.82 Å². The summed E-state index contributed by atoms with van der Waals surface area (Å²) in [5.41, 5.74) is 1.83. The molecule has 31 heavy (non-hydrogen) atoms. The van der Waals surface area contributed by atoms with Crippen LogP contribution in [-0.4, -0.2) is 35.3 Å². The number of aryl methyl sites for hydroxylation is 1. The highest BCUT2D eigenvalue weighted by Gasteiger charge is 2.16. The monoisotopic (exact) mass is 452 g/mol. The van der Waals surface area contributed by atoms with Crippen LogP contribution in [0.1, 0.15) is 36.2 Å². The number of ether oxygens (including phenoxy) is 2. The minimum Gasteiger partial charge on any atom is -0.462 e. The van der Waals surface area contributed by atoms with E-state index in [-0.39, 0.29) is 17.9 Å². The van der Waals surface area contributed by atoms with Gasteiger partial charge in [0.05, 0.1) is 23.2 Å². The predicted molar refractivity (Wildman–Crippen MR) is 113 cm³/mol. The molecule has 0 fully saturated rings. The number of fused-ring (bicyclic) bond motifs is 1. The highest BCUT2D eigenvalue weighted by atomic mass is 32.2. The fourth-order valence-electron chi connectivity index (χ4n) is 3.06. The van der Waals surface area contributed by atoms with E-state index in [0.29, 0.717) is 42.1 Å². The molecule has 0 N–H and O–H groups in total. The molecule has 0 aliphatic carbocycles. The zero-order valence-electron chi connectivity index (χ0n) is 17.3. The van der Waals surface area contributed by atoms with Gasteiger partial charge in [-0.1, -0.05) is 11.8 Å². The summed E-state index contributed by atoms with van der Waals surface area (Å²) in [6.45, 7) is 5.70. The fraction of sp³-hybridized carbons (Fsp3) is 0.364. The number of hydrogen-bond donors (Lipinski definition) is 0. The Bertz CT molecular complexity index is 1070. The van der Waals surface area contributed by atoms with Gasteiger partial charge in [0.2, 0.25) is 0 Å². The number of benzene rings is 2. The maximum Gasteiger partial charge on any atom is 0.338 e. The molecule has 5 nitrogen and oxygen atoms in total. The van der Waals surface area contributed by atoms with E-state index in [1.165, 1.54) is 11.8 Å². The summed E-state index contributed by atoms with van der Waals surface area (Å²) in [6, 6.07) is 6.51. The number of carbonyl (C=O) groups is 1. The molecule has 0 radical (unpaired) electrons. The van der Waals surface area contributed by atoms with Crippen LogP contribution >= 0.6 is 11.8 Å². The first-order valence-electron chi connectivity index (χ1n) is 9.96. The molecule has 9 heteroatoms. The van der Waals surface area contributed by atoms with Crippen LogP contribution < -0.4 is 0 Å². The molecule has 3 rings (SSSR count). The Hall–Kier alpha value is -2.52. The Balaban J connectivity index is 1.89. The summed E-state index contributed by atoms with van der Waals surface area (Å²) in [5.74, 6) is -3.49. The first-order valence-corrected chi connectivity index (χ1v) is 10.9. The summed E-state index contributed by atoms with van der Waals surface area (Å²) in [6.07, 6.45) is 0.728. The van der Waals surface area contributed by atoms with Gasteiger partial charge >= 0.3 is 5.97 Å². The molecule has 3 aromatic rings. The lowest BCUT2D eigenvalue weighted by Crippen LogP contribution is -2.05. The molecule has 1 aromatic heterocycles. The Kier molecular flexibility index (Phi) is 7.97. The van der Waals surface area contributed by atoms with Gasteiger partial charge in [-0.25, -0.2) is 22.9 Å². The fourth-order valence-corrected chi connectivity index (χ4v) is 4.08. The smallest absolute Gasteiger partial charge is 0.338 e.